The molecular formula is C36H24N2. The first-order valence-electron chi connectivity index (χ1n) is 12.8. The maximum absolute atomic E-state index is 4.96. The Hall–Kier alpha value is -5.08. The molecule has 7 aromatic rings. The summed E-state index contributed by atoms with van der Waals surface area (Å²) in [6.45, 7) is 0. The number of nitrogens with zero attached hydrogens (tertiary/aromatic N) is 2. The van der Waals surface area contributed by atoms with Gasteiger partial charge in [-0.2, -0.15) is 0 Å². The molecule has 0 atom stereocenters. The minimum atomic E-state index is 0.969. The van der Waals surface area contributed by atoms with Crippen molar-refractivity contribution >= 4 is 21.5 Å². The Morgan fingerprint density at radius 3 is 0.947 bits per heavy atom. The molecule has 0 aliphatic heterocycles. The maximum atomic E-state index is 4.96. The van der Waals surface area contributed by atoms with Crippen LogP contribution in [0.1, 0.15) is 0 Å². The lowest BCUT2D eigenvalue weighted by Crippen LogP contribution is -1.94. The molecule has 5 aromatic carbocycles. The number of aromatic nitrogens is 2. The van der Waals surface area contributed by atoms with E-state index in [0.717, 1.165) is 33.6 Å². The molecule has 0 radical (unpaired) electrons. The van der Waals surface area contributed by atoms with E-state index >= 15 is 0 Å². The molecule has 0 aliphatic rings. The van der Waals surface area contributed by atoms with Crippen molar-refractivity contribution in [3.63, 3.8) is 0 Å². The van der Waals surface area contributed by atoms with E-state index in [2.05, 4.69) is 121 Å². The smallest absolute Gasteiger partial charge is 0.0714 e. The molecule has 0 N–H and O–H groups in total. The Morgan fingerprint density at radius 1 is 0.289 bits per heavy atom. The third kappa shape index (κ3) is 3.84. The summed E-state index contributed by atoms with van der Waals surface area (Å²) in [4.78, 5) is 9.92. The number of pyridine rings is 2. The van der Waals surface area contributed by atoms with Crippen molar-refractivity contribution in [3.05, 3.63) is 146 Å². The van der Waals surface area contributed by atoms with Gasteiger partial charge in [0, 0.05) is 34.6 Å². The molecule has 2 heteroatoms. The molecular weight excluding hydrogens is 460 g/mol. The average molecular weight is 485 g/mol. The number of hydrogen-bond acceptors (Lipinski definition) is 2. The second-order valence-electron chi connectivity index (χ2n) is 9.44. The molecule has 0 aliphatic carbocycles. The Labute approximate surface area is 221 Å². The van der Waals surface area contributed by atoms with E-state index in [4.69, 9.17) is 9.97 Å². The Bertz CT molecular complexity index is 1680. The molecule has 2 heterocycles. The van der Waals surface area contributed by atoms with Crippen LogP contribution in [0.15, 0.2) is 146 Å². The van der Waals surface area contributed by atoms with Crippen LogP contribution in [-0.2, 0) is 0 Å². The first-order chi connectivity index (χ1) is 18.9. The quantitative estimate of drug-likeness (QED) is 0.233. The number of benzene rings is 5. The SMILES string of the molecule is c1ccc(-c2ccc(-c3c4ccccc4c(-c4ccc(-c5ccccc5)cn4)c4ccccc34)nc2)cc1. The highest BCUT2D eigenvalue weighted by Gasteiger charge is 2.18. The fourth-order valence-electron chi connectivity index (χ4n) is 5.37. The fraction of sp³-hybridized carbons (Fsp3) is 0. The van der Waals surface area contributed by atoms with Gasteiger partial charge in [-0.25, -0.2) is 0 Å². The van der Waals surface area contributed by atoms with Gasteiger partial charge in [-0.15, -0.1) is 0 Å². The molecule has 0 amide bonds. The predicted molar refractivity (Wildman–Crippen MR) is 159 cm³/mol. The first kappa shape index (κ1) is 22.1. The second-order valence-corrected chi connectivity index (χ2v) is 9.44. The minimum Gasteiger partial charge on any atom is -0.256 e. The summed E-state index contributed by atoms with van der Waals surface area (Å²) in [5.41, 5.74) is 8.81. The Balaban J connectivity index is 1.43. The third-order valence-electron chi connectivity index (χ3n) is 7.18. The monoisotopic (exact) mass is 484 g/mol. The second kappa shape index (κ2) is 9.42. The van der Waals surface area contributed by atoms with E-state index in [0.29, 0.717) is 0 Å². The summed E-state index contributed by atoms with van der Waals surface area (Å²) in [7, 11) is 0. The van der Waals surface area contributed by atoms with Crippen molar-refractivity contribution in [2.75, 3.05) is 0 Å². The van der Waals surface area contributed by atoms with Crippen LogP contribution in [0.25, 0.3) is 66.3 Å². The van der Waals surface area contributed by atoms with E-state index in [1.807, 2.05) is 24.5 Å². The van der Waals surface area contributed by atoms with Crippen LogP contribution in [0.2, 0.25) is 0 Å². The van der Waals surface area contributed by atoms with Crippen LogP contribution in [0.3, 0.4) is 0 Å². The van der Waals surface area contributed by atoms with Crippen LogP contribution in [-0.4, -0.2) is 9.97 Å². The van der Waals surface area contributed by atoms with Crippen molar-refractivity contribution in [2.24, 2.45) is 0 Å². The highest BCUT2D eigenvalue weighted by molar-refractivity contribution is 6.20. The van der Waals surface area contributed by atoms with Gasteiger partial charge in [0.2, 0.25) is 0 Å². The largest absolute Gasteiger partial charge is 0.256 e. The van der Waals surface area contributed by atoms with Crippen LogP contribution < -0.4 is 0 Å². The standard InChI is InChI=1S/C36H24N2/c1-3-11-25(12-4-1)27-19-21-33(37-23-27)35-29-15-7-9-17-31(29)36(32-18-10-8-16-30(32)35)34-22-20-28(24-38-34)26-13-5-2-6-14-26/h1-24H. The molecule has 2 nitrogen and oxygen atoms in total. The lowest BCUT2D eigenvalue weighted by Gasteiger charge is -2.17. The first-order valence-corrected chi connectivity index (χ1v) is 12.8. The molecule has 0 bridgehead atoms. The van der Waals surface area contributed by atoms with Crippen molar-refractivity contribution in [1.29, 1.82) is 0 Å². The van der Waals surface area contributed by atoms with Crippen LogP contribution in [0, 0.1) is 0 Å². The van der Waals surface area contributed by atoms with Gasteiger partial charge in [-0.3, -0.25) is 9.97 Å². The van der Waals surface area contributed by atoms with E-state index in [9.17, 15) is 0 Å². The summed E-state index contributed by atoms with van der Waals surface area (Å²) < 4.78 is 0. The molecule has 0 saturated carbocycles. The predicted octanol–water partition coefficient (Wildman–Crippen LogP) is 9.45. The van der Waals surface area contributed by atoms with Gasteiger partial charge in [0.15, 0.2) is 0 Å². The lowest BCUT2D eigenvalue weighted by atomic mass is 9.88. The Kier molecular flexibility index (Phi) is 5.49. The Morgan fingerprint density at radius 2 is 0.632 bits per heavy atom. The summed E-state index contributed by atoms with van der Waals surface area (Å²) in [6, 6.07) is 46.6. The third-order valence-corrected chi connectivity index (χ3v) is 7.18. The zero-order valence-electron chi connectivity index (χ0n) is 20.8. The van der Waals surface area contributed by atoms with E-state index in [1.54, 1.807) is 0 Å². The average Bonchev–Trinajstić information content (AvgIpc) is 3.01. The fourth-order valence-corrected chi connectivity index (χ4v) is 5.37. The highest BCUT2D eigenvalue weighted by Crippen LogP contribution is 2.42. The van der Waals surface area contributed by atoms with E-state index in [-0.39, 0.29) is 0 Å². The van der Waals surface area contributed by atoms with Crippen LogP contribution >= 0.6 is 0 Å². The summed E-state index contributed by atoms with van der Waals surface area (Å²) in [6.07, 6.45) is 3.96. The molecule has 178 valence electrons. The van der Waals surface area contributed by atoms with Crippen LogP contribution in [0.4, 0.5) is 0 Å². The van der Waals surface area contributed by atoms with Gasteiger partial charge in [0.05, 0.1) is 11.4 Å². The number of hydrogen-bond donors (Lipinski definition) is 0. The molecule has 0 saturated heterocycles. The molecule has 7 rings (SSSR count). The summed E-state index contributed by atoms with van der Waals surface area (Å²) in [5, 5.41) is 4.70. The zero-order chi connectivity index (χ0) is 25.3. The van der Waals surface area contributed by atoms with Crippen LogP contribution in [0.5, 0.6) is 0 Å². The summed E-state index contributed by atoms with van der Waals surface area (Å²) >= 11 is 0. The maximum Gasteiger partial charge on any atom is 0.0714 e. The lowest BCUT2D eigenvalue weighted by molar-refractivity contribution is 1.33. The van der Waals surface area contributed by atoms with Gasteiger partial charge in [-0.05, 0) is 44.8 Å². The minimum absolute atomic E-state index is 0.969. The van der Waals surface area contributed by atoms with E-state index < -0.39 is 0 Å². The summed E-state index contributed by atoms with van der Waals surface area (Å²) in [5.74, 6) is 0. The normalized spacial score (nSPS) is 11.2. The van der Waals surface area contributed by atoms with Gasteiger partial charge in [0.1, 0.15) is 0 Å². The topological polar surface area (TPSA) is 25.8 Å². The molecule has 38 heavy (non-hydrogen) atoms. The van der Waals surface area contributed by atoms with Crippen molar-refractivity contribution in [1.82, 2.24) is 9.97 Å². The molecule has 2 aromatic heterocycles. The van der Waals surface area contributed by atoms with Gasteiger partial charge >= 0.3 is 0 Å². The van der Waals surface area contributed by atoms with Gasteiger partial charge < -0.3 is 0 Å². The molecule has 0 unspecified atom stereocenters. The highest BCUT2D eigenvalue weighted by atomic mass is 14.7. The van der Waals surface area contributed by atoms with Crippen molar-refractivity contribution in [2.45, 2.75) is 0 Å². The molecule has 0 spiro atoms. The van der Waals surface area contributed by atoms with E-state index in [1.165, 1.54) is 32.7 Å². The molecule has 0 fully saturated rings. The number of rotatable bonds is 4. The van der Waals surface area contributed by atoms with Crippen molar-refractivity contribution in [3.8, 4) is 44.8 Å². The van der Waals surface area contributed by atoms with Gasteiger partial charge in [-0.1, -0.05) is 121 Å². The zero-order valence-corrected chi connectivity index (χ0v) is 20.8. The van der Waals surface area contributed by atoms with Crippen molar-refractivity contribution < 1.29 is 0 Å². The van der Waals surface area contributed by atoms with Gasteiger partial charge in [0.25, 0.3) is 0 Å². The number of fused-ring (bicyclic) bond motifs is 2.